The Hall–Kier alpha value is -3.03. The van der Waals surface area contributed by atoms with Crippen molar-refractivity contribution in [2.45, 2.75) is 32.9 Å². The van der Waals surface area contributed by atoms with Crippen molar-refractivity contribution in [3.8, 4) is 11.1 Å². The number of carbonyl (C=O) groups is 2. The van der Waals surface area contributed by atoms with E-state index in [1.165, 1.54) is 0 Å². The first kappa shape index (κ1) is 19.3. The number of aromatic nitrogens is 1. The average Bonchev–Trinajstić information content (AvgIpc) is 2.45. The number of esters is 1. The molecule has 0 spiro atoms. The van der Waals surface area contributed by atoms with Crippen molar-refractivity contribution in [2.24, 2.45) is 0 Å². The number of rotatable bonds is 4. The van der Waals surface area contributed by atoms with Gasteiger partial charge in [0.1, 0.15) is 29.3 Å². The standard InChI is InChI=1S/C18H17F2NO5/c1-18(2,3)26-15(22)9-21-8-11(6-14(16(21)23)17(24)25)10-4-12(19)7-13(20)5-10/h4-8H,9H2,1-3H3,(H,24,25). The van der Waals surface area contributed by atoms with Gasteiger partial charge in [-0.3, -0.25) is 9.59 Å². The molecule has 138 valence electrons. The van der Waals surface area contributed by atoms with Gasteiger partial charge in [0, 0.05) is 12.3 Å². The Morgan fingerprint density at radius 1 is 1.08 bits per heavy atom. The summed E-state index contributed by atoms with van der Waals surface area (Å²) in [6.45, 7) is 4.38. The zero-order chi connectivity index (χ0) is 19.6. The fourth-order valence-corrected chi connectivity index (χ4v) is 2.30. The highest BCUT2D eigenvalue weighted by Gasteiger charge is 2.20. The van der Waals surface area contributed by atoms with E-state index in [1.807, 2.05) is 0 Å². The molecule has 1 N–H and O–H groups in total. The zero-order valence-corrected chi connectivity index (χ0v) is 14.4. The van der Waals surface area contributed by atoms with Crippen molar-refractivity contribution in [1.82, 2.24) is 4.57 Å². The second kappa shape index (κ2) is 7.07. The minimum Gasteiger partial charge on any atom is -0.477 e. The maximum atomic E-state index is 13.4. The van der Waals surface area contributed by atoms with Crippen LogP contribution < -0.4 is 5.56 Å². The SMILES string of the molecule is CC(C)(C)OC(=O)Cn1cc(-c2cc(F)cc(F)c2)cc(C(=O)O)c1=O. The molecule has 0 aliphatic carbocycles. The molecule has 0 saturated heterocycles. The molecule has 0 unspecified atom stereocenters. The molecule has 0 radical (unpaired) electrons. The molecule has 1 heterocycles. The topological polar surface area (TPSA) is 85.6 Å². The first-order valence-electron chi connectivity index (χ1n) is 7.62. The van der Waals surface area contributed by atoms with Crippen molar-refractivity contribution in [2.75, 3.05) is 0 Å². The largest absolute Gasteiger partial charge is 0.477 e. The highest BCUT2D eigenvalue weighted by molar-refractivity contribution is 5.89. The Labute approximate surface area is 147 Å². The minimum absolute atomic E-state index is 0.0305. The lowest BCUT2D eigenvalue weighted by molar-refractivity contribution is -0.155. The molecule has 2 aromatic rings. The Morgan fingerprint density at radius 3 is 2.15 bits per heavy atom. The maximum absolute atomic E-state index is 13.4. The monoisotopic (exact) mass is 365 g/mol. The van der Waals surface area contributed by atoms with Crippen LogP contribution in [0.1, 0.15) is 31.1 Å². The summed E-state index contributed by atoms with van der Waals surface area (Å²) in [7, 11) is 0. The molecule has 0 fully saturated rings. The summed E-state index contributed by atoms with van der Waals surface area (Å²) in [5, 5.41) is 9.21. The Bertz CT molecular complexity index is 908. The van der Waals surface area contributed by atoms with Gasteiger partial charge >= 0.3 is 11.9 Å². The molecule has 8 heteroatoms. The number of pyridine rings is 1. The van der Waals surface area contributed by atoms with E-state index in [9.17, 15) is 28.3 Å². The molecule has 6 nitrogen and oxygen atoms in total. The van der Waals surface area contributed by atoms with Crippen LogP contribution in [0.3, 0.4) is 0 Å². The number of carboxylic acid groups (broad SMARTS) is 1. The smallest absolute Gasteiger partial charge is 0.341 e. The number of benzene rings is 1. The van der Waals surface area contributed by atoms with E-state index in [1.54, 1.807) is 20.8 Å². The number of hydrogen-bond donors (Lipinski definition) is 1. The summed E-state index contributed by atoms with van der Waals surface area (Å²) in [6, 6.07) is 3.65. The second-order valence-electron chi connectivity index (χ2n) is 6.63. The third-order valence-electron chi connectivity index (χ3n) is 3.23. The lowest BCUT2D eigenvalue weighted by atomic mass is 10.1. The Balaban J connectivity index is 2.54. The van der Waals surface area contributed by atoms with Gasteiger partial charge in [-0.25, -0.2) is 13.6 Å². The lowest BCUT2D eigenvalue weighted by Crippen LogP contribution is -2.32. The third-order valence-corrected chi connectivity index (χ3v) is 3.23. The Kier molecular flexibility index (Phi) is 5.25. The molecule has 0 saturated carbocycles. The summed E-state index contributed by atoms with van der Waals surface area (Å²) in [4.78, 5) is 35.6. The number of halogens is 2. The van der Waals surface area contributed by atoms with Gasteiger partial charge in [-0.1, -0.05) is 0 Å². The highest BCUT2D eigenvalue weighted by atomic mass is 19.1. The van der Waals surface area contributed by atoms with Crippen LogP contribution in [0.15, 0.2) is 35.3 Å². The average molecular weight is 365 g/mol. The first-order valence-corrected chi connectivity index (χ1v) is 7.62. The number of carboxylic acids is 1. The molecule has 1 aromatic heterocycles. The van der Waals surface area contributed by atoms with Crippen molar-refractivity contribution < 1.29 is 28.2 Å². The van der Waals surface area contributed by atoms with E-state index in [4.69, 9.17) is 4.74 Å². The summed E-state index contributed by atoms with van der Waals surface area (Å²) in [6.07, 6.45) is 1.16. The van der Waals surface area contributed by atoms with Crippen LogP contribution in [0.5, 0.6) is 0 Å². The summed E-state index contributed by atoms with van der Waals surface area (Å²) in [5.41, 5.74) is -2.24. The van der Waals surface area contributed by atoms with Crippen LogP contribution in [0, 0.1) is 11.6 Å². The van der Waals surface area contributed by atoms with Gasteiger partial charge in [0.25, 0.3) is 5.56 Å². The van der Waals surface area contributed by atoms with E-state index < -0.39 is 46.8 Å². The van der Waals surface area contributed by atoms with E-state index in [0.717, 1.165) is 29.0 Å². The van der Waals surface area contributed by atoms with Crippen LogP contribution in [0.25, 0.3) is 11.1 Å². The maximum Gasteiger partial charge on any atom is 0.341 e. The normalized spacial score (nSPS) is 11.3. The van der Waals surface area contributed by atoms with Crippen LogP contribution in [-0.4, -0.2) is 27.2 Å². The Morgan fingerprint density at radius 2 is 1.65 bits per heavy atom. The van der Waals surface area contributed by atoms with Crippen molar-refractivity contribution in [3.63, 3.8) is 0 Å². The molecule has 0 atom stereocenters. The van der Waals surface area contributed by atoms with Gasteiger partial charge in [-0.05, 0) is 50.1 Å². The summed E-state index contributed by atoms with van der Waals surface area (Å²) in [5.74, 6) is -3.99. The molecular formula is C18H17F2NO5. The van der Waals surface area contributed by atoms with Gasteiger partial charge in [0.05, 0.1) is 0 Å². The van der Waals surface area contributed by atoms with Crippen molar-refractivity contribution in [3.05, 3.63) is 58.0 Å². The van der Waals surface area contributed by atoms with Gasteiger partial charge in [-0.2, -0.15) is 0 Å². The molecule has 0 aliphatic heterocycles. The number of aromatic carboxylic acids is 1. The zero-order valence-electron chi connectivity index (χ0n) is 14.4. The fraction of sp³-hybridized carbons (Fsp3) is 0.278. The van der Waals surface area contributed by atoms with E-state index in [0.29, 0.717) is 6.07 Å². The van der Waals surface area contributed by atoms with Gasteiger partial charge in [-0.15, -0.1) is 0 Å². The van der Waals surface area contributed by atoms with Crippen LogP contribution in [-0.2, 0) is 16.1 Å². The first-order chi connectivity index (χ1) is 12.0. The number of carbonyl (C=O) groups excluding carboxylic acids is 1. The highest BCUT2D eigenvalue weighted by Crippen LogP contribution is 2.22. The van der Waals surface area contributed by atoms with Crippen molar-refractivity contribution >= 4 is 11.9 Å². The minimum atomic E-state index is -1.52. The van der Waals surface area contributed by atoms with Crippen LogP contribution >= 0.6 is 0 Å². The number of ether oxygens (including phenoxy) is 1. The molecular weight excluding hydrogens is 348 g/mol. The van der Waals surface area contributed by atoms with Crippen LogP contribution in [0.4, 0.5) is 8.78 Å². The van der Waals surface area contributed by atoms with Gasteiger partial charge < -0.3 is 14.4 Å². The fourth-order valence-electron chi connectivity index (χ4n) is 2.30. The molecule has 0 amide bonds. The third kappa shape index (κ3) is 4.75. The van der Waals surface area contributed by atoms with E-state index in [-0.39, 0.29) is 11.1 Å². The van der Waals surface area contributed by atoms with E-state index >= 15 is 0 Å². The second-order valence-corrected chi connectivity index (χ2v) is 6.63. The van der Waals surface area contributed by atoms with Gasteiger partial charge in [0.2, 0.25) is 0 Å². The number of hydrogen-bond acceptors (Lipinski definition) is 4. The van der Waals surface area contributed by atoms with Crippen LogP contribution in [0.2, 0.25) is 0 Å². The van der Waals surface area contributed by atoms with E-state index in [2.05, 4.69) is 0 Å². The molecule has 0 bridgehead atoms. The van der Waals surface area contributed by atoms with Crippen molar-refractivity contribution in [1.29, 1.82) is 0 Å². The quantitative estimate of drug-likeness (QED) is 0.842. The molecule has 26 heavy (non-hydrogen) atoms. The summed E-state index contributed by atoms with van der Waals surface area (Å²) < 4.78 is 32.9. The predicted molar refractivity (Wildman–Crippen MR) is 88.9 cm³/mol. The molecule has 2 rings (SSSR count). The molecule has 0 aliphatic rings. The number of nitrogens with zero attached hydrogens (tertiary/aromatic N) is 1. The predicted octanol–water partition coefficient (Wildman–Crippen LogP) is 2.83. The molecule has 1 aromatic carbocycles. The van der Waals surface area contributed by atoms with Gasteiger partial charge in [0.15, 0.2) is 0 Å². The lowest BCUT2D eigenvalue weighted by Gasteiger charge is -2.20. The summed E-state index contributed by atoms with van der Waals surface area (Å²) >= 11 is 0.